The standard InChI is InChI=1S/C42H59N7O6S2/c1-6-54-22-21-48(4)38(50)25-37(47-41(52)49(5)20-19-35-28-56-40(45-35)30(2)3)39(51)44-33(23-31-13-9-7-10-14-31)17-18-34(24-32-15-11-8-12-16-32)46-42(53)55-27-36-26-43-29-57-36/h7-16,26,28-30,33-34,37,41,47,52H,6,17-25,27H2,1-5H3,(H,44,51)(H,46,53). The molecule has 4 atom stereocenters. The number of nitrogens with zero attached hydrogens (tertiary/aromatic N) is 4. The summed E-state index contributed by atoms with van der Waals surface area (Å²) in [4.78, 5) is 53.6. The second-order valence-corrected chi connectivity index (χ2v) is 16.3. The maximum absolute atomic E-state index is 14.3. The molecule has 3 amide bonds. The Kier molecular flexibility index (Phi) is 19.5. The summed E-state index contributed by atoms with van der Waals surface area (Å²) in [5.41, 5.74) is 4.72. The number of carbonyl (C=O) groups excluding carboxylic acids is 3. The lowest BCUT2D eigenvalue weighted by molar-refractivity contribution is -0.136. The van der Waals surface area contributed by atoms with Crippen molar-refractivity contribution in [3.8, 4) is 0 Å². The molecule has 4 N–H and O–H groups in total. The molecule has 0 aliphatic carbocycles. The van der Waals surface area contributed by atoms with Crippen molar-refractivity contribution in [3.63, 3.8) is 0 Å². The lowest BCUT2D eigenvalue weighted by Crippen LogP contribution is -2.56. The summed E-state index contributed by atoms with van der Waals surface area (Å²) in [5, 5.41) is 23.7. The normalized spacial score (nSPS) is 13.5. The number of benzene rings is 2. The molecule has 4 unspecified atom stereocenters. The Morgan fingerprint density at radius 1 is 0.895 bits per heavy atom. The lowest BCUT2D eigenvalue weighted by atomic mass is 9.95. The van der Waals surface area contributed by atoms with Gasteiger partial charge in [-0.05, 0) is 50.8 Å². The van der Waals surface area contributed by atoms with Crippen LogP contribution in [-0.4, -0.2) is 108 Å². The van der Waals surface area contributed by atoms with Crippen LogP contribution in [0.5, 0.6) is 0 Å². The number of aliphatic hydroxyl groups excluding tert-OH is 1. The average molecular weight is 822 g/mol. The molecule has 310 valence electrons. The minimum Gasteiger partial charge on any atom is -0.444 e. The zero-order valence-corrected chi connectivity index (χ0v) is 35.4. The molecular weight excluding hydrogens is 763 g/mol. The number of rotatable bonds is 25. The lowest BCUT2D eigenvalue weighted by Gasteiger charge is -2.30. The SMILES string of the molecule is CCOCCN(C)C(=O)CC(NC(O)N(C)CCc1csc(C(C)C)n1)C(=O)NC(CCC(Cc1ccccc1)NC(=O)OCc1cncs1)Cc1ccccc1. The van der Waals surface area contributed by atoms with Crippen molar-refractivity contribution in [1.29, 1.82) is 0 Å². The minimum atomic E-state index is -1.21. The minimum absolute atomic E-state index is 0.125. The molecule has 0 saturated heterocycles. The number of thiazole rings is 2. The van der Waals surface area contributed by atoms with Gasteiger partial charge < -0.3 is 30.1 Å². The number of aliphatic hydroxyl groups is 1. The molecule has 13 nitrogen and oxygen atoms in total. The van der Waals surface area contributed by atoms with Gasteiger partial charge in [-0.1, -0.05) is 74.5 Å². The molecule has 57 heavy (non-hydrogen) atoms. The number of aromatic nitrogens is 2. The van der Waals surface area contributed by atoms with Gasteiger partial charge in [0.2, 0.25) is 11.8 Å². The van der Waals surface area contributed by atoms with Gasteiger partial charge in [0.05, 0.1) is 40.2 Å². The van der Waals surface area contributed by atoms with Crippen molar-refractivity contribution in [3.05, 3.63) is 104 Å². The van der Waals surface area contributed by atoms with E-state index < -0.39 is 24.4 Å². The van der Waals surface area contributed by atoms with E-state index in [0.29, 0.717) is 64.3 Å². The van der Waals surface area contributed by atoms with Crippen molar-refractivity contribution in [2.45, 2.75) is 96.3 Å². The molecule has 2 heterocycles. The first kappa shape index (κ1) is 45.5. The monoisotopic (exact) mass is 821 g/mol. The van der Waals surface area contributed by atoms with Gasteiger partial charge >= 0.3 is 6.09 Å². The summed E-state index contributed by atoms with van der Waals surface area (Å²) < 4.78 is 11.0. The van der Waals surface area contributed by atoms with E-state index in [1.165, 1.54) is 16.2 Å². The smallest absolute Gasteiger partial charge is 0.407 e. The van der Waals surface area contributed by atoms with Gasteiger partial charge in [0.15, 0.2) is 6.35 Å². The zero-order chi connectivity index (χ0) is 41.0. The molecular formula is C42H59N7O6S2. The van der Waals surface area contributed by atoms with Crippen LogP contribution in [-0.2, 0) is 44.9 Å². The Labute approximate surface area is 345 Å². The molecule has 0 aliphatic rings. The highest BCUT2D eigenvalue weighted by molar-refractivity contribution is 7.09. The van der Waals surface area contributed by atoms with E-state index in [2.05, 4.69) is 34.8 Å². The maximum atomic E-state index is 14.3. The van der Waals surface area contributed by atoms with Crippen molar-refractivity contribution in [1.82, 2.24) is 35.7 Å². The van der Waals surface area contributed by atoms with E-state index in [1.807, 2.05) is 73.0 Å². The second kappa shape index (κ2) is 24.5. The number of hydrogen-bond acceptors (Lipinski definition) is 12. The van der Waals surface area contributed by atoms with Gasteiger partial charge in [-0.3, -0.25) is 24.8 Å². The summed E-state index contributed by atoms with van der Waals surface area (Å²) in [7, 11) is 3.44. The first-order chi connectivity index (χ1) is 27.5. The summed E-state index contributed by atoms with van der Waals surface area (Å²) in [5.74, 6) is -0.332. The van der Waals surface area contributed by atoms with Gasteiger partial charge in [-0.15, -0.1) is 22.7 Å². The van der Waals surface area contributed by atoms with Gasteiger partial charge in [0, 0.05) is 62.7 Å². The number of carbonyl (C=O) groups is 3. The van der Waals surface area contributed by atoms with Gasteiger partial charge in [0.25, 0.3) is 0 Å². The Morgan fingerprint density at radius 2 is 1.54 bits per heavy atom. The Balaban J connectivity index is 1.49. The Morgan fingerprint density at radius 3 is 2.12 bits per heavy atom. The van der Waals surface area contributed by atoms with Crippen LogP contribution in [0.2, 0.25) is 0 Å². The third kappa shape index (κ3) is 16.6. The van der Waals surface area contributed by atoms with Gasteiger partial charge in [-0.25, -0.2) is 9.78 Å². The molecule has 4 aromatic rings. The predicted molar refractivity (Wildman–Crippen MR) is 225 cm³/mol. The fourth-order valence-electron chi connectivity index (χ4n) is 6.06. The van der Waals surface area contributed by atoms with Crippen LogP contribution >= 0.6 is 22.7 Å². The molecule has 0 spiro atoms. The fraction of sp³-hybridized carbons (Fsp3) is 0.500. The molecule has 2 aromatic heterocycles. The number of alkyl carbamates (subject to hydrolysis) is 1. The third-order valence-corrected chi connectivity index (χ3v) is 11.4. The molecule has 2 aromatic carbocycles. The van der Waals surface area contributed by atoms with Crippen molar-refractivity contribution < 1.29 is 29.0 Å². The molecule has 0 bridgehead atoms. The van der Waals surface area contributed by atoms with E-state index in [9.17, 15) is 19.5 Å². The largest absolute Gasteiger partial charge is 0.444 e. The number of ether oxygens (including phenoxy) is 2. The summed E-state index contributed by atoms with van der Waals surface area (Å²) >= 11 is 3.04. The van der Waals surface area contributed by atoms with Crippen LogP contribution in [0, 0.1) is 0 Å². The number of hydrogen-bond donors (Lipinski definition) is 4. The zero-order valence-electron chi connectivity index (χ0n) is 33.8. The molecule has 0 fully saturated rings. The van der Waals surface area contributed by atoms with E-state index in [-0.39, 0.29) is 31.0 Å². The molecule has 15 heteroatoms. The van der Waals surface area contributed by atoms with E-state index in [4.69, 9.17) is 14.5 Å². The van der Waals surface area contributed by atoms with Crippen LogP contribution in [0.15, 0.2) is 77.8 Å². The third-order valence-electron chi connectivity index (χ3n) is 9.46. The highest BCUT2D eigenvalue weighted by Crippen LogP contribution is 2.20. The van der Waals surface area contributed by atoms with Crippen molar-refractivity contribution in [2.75, 3.05) is 40.4 Å². The highest BCUT2D eigenvalue weighted by atomic mass is 32.1. The second-order valence-electron chi connectivity index (χ2n) is 14.4. The highest BCUT2D eigenvalue weighted by Gasteiger charge is 2.29. The molecule has 0 saturated carbocycles. The maximum Gasteiger partial charge on any atom is 0.407 e. The van der Waals surface area contributed by atoms with Crippen LogP contribution in [0.4, 0.5) is 4.79 Å². The quantitative estimate of drug-likeness (QED) is 0.0507. The number of amides is 3. The predicted octanol–water partition coefficient (Wildman–Crippen LogP) is 5.36. The van der Waals surface area contributed by atoms with Gasteiger partial charge in [-0.2, -0.15) is 0 Å². The fourth-order valence-corrected chi connectivity index (χ4v) is 7.44. The summed E-state index contributed by atoms with van der Waals surface area (Å²) in [6.07, 6.45) is 2.49. The van der Waals surface area contributed by atoms with Gasteiger partial charge in [0.1, 0.15) is 6.61 Å². The van der Waals surface area contributed by atoms with E-state index in [1.54, 1.807) is 42.0 Å². The van der Waals surface area contributed by atoms with Crippen LogP contribution in [0.25, 0.3) is 0 Å². The molecule has 0 aliphatic heterocycles. The first-order valence-electron chi connectivity index (χ1n) is 19.6. The van der Waals surface area contributed by atoms with E-state index >= 15 is 0 Å². The number of nitrogens with one attached hydrogen (secondary N) is 3. The molecule has 0 radical (unpaired) electrons. The topological polar surface area (TPSA) is 158 Å². The van der Waals surface area contributed by atoms with Crippen LogP contribution in [0.1, 0.15) is 72.7 Å². The van der Waals surface area contributed by atoms with Crippen LogP contribution < -0.4 is 16.0 Å². The first-order valence-corrected chi connectivity index (χ1v) is 21.4. The molecule has 4 rings (SSSR count). The summed E-state index contributed by atoms with van der Waals surface area (Å²) in [6.45, 7) is 7.99. The Hall–Kier alpha value is -4.25. The average Bonchev–Trinajstić information content (AvgIpc) is 3.92. The van der Waals surface area contributed by atoms with Crippen molar-refractivity contribution in [2.24, 2.45) is 0 Å². The number of likely N-dealkylation sites (N-methyl/N-ethyl adjacent to an activating group) is 2. The van der Waals surface area contributed by atoms with Crippen molar-refractivity contribution >= 4 is 40.6 Å². The van der Waals surface area contributed by atoms with E-state index in [0.717, 1.165) is 26.7 Å². The Bertz CT molecular complexity index is 1750. The van der Waals surface area contributed by atoms with Crippen LogP contribution in [0.3, 0.4) is 0 Å². The summed E-state index contributed by atoms with van der Waals surface area (Å²) in [6, 6.07) is 18.1.